The third kappa shape index (κ3) is 5.90. The molecule has 0 aliphatic heterocycles. The van der Waals surface area contributed by atoms with Gasteiger partial charge in [-0.15, -0.1) is 0 Å². The normalized spacial score (nSPS) is 16.5. The van der Waals surface area contributed by atoms with Crippen molar-refractivity contribution in [3.8, 4) is 0 Å². The molecule has 0 aliphatic rings. The van der Waals surface area contributed by atoms with Crippen molar-refractivity contribution in [2.24, 2.45) is 11.8 Å². The molecule has 0 heterocycles. The lowest BCUT2D eigenvalue weighted by Crippen LogP contribution is -2.34. The lowest BCUT2D eigenvalue weighted by Gasteiger charge is -2.19. The average Bonchev–Trinajstić information content (AvgIpc) is 2.00. The van der Waals surface area contributed by atoms with Crippen LogP contribution < -0.4 is 5.32 Å². The van der Waals surface area contributed by atoms with E-state index in [1.165, 1.54) is 5.75 Å². The lowest BCUT2D eigenvalue weighted by molar-refractivity contribution is 0.403. The molecule has 12 heavy (non-hydrogen) atoms. The van der Waals surface area contributed by atoms with E-state index in [9.17, 15) is 0 Å². The first-order valence-corrected chi connectivity index (χ1v) is 6.19. The molecule has 1 N–H and O–H groups in total. The predicted octanol–water partition coefficient (Wildman–Crippen LogP) is 2.62. The van der Waals surface area contributed by atoms with Crippen molar-refractivity contribution in [2.45, 2.75) is 33.7 Å². The van der Waals surface area contributed by atoms with Crippen molar-refractivity contribution in [3.05, 3.63) is 0 Å². The van der Waals surface area contributed by atoms with Gasteiger partial charge in [0.25, 0.3) is 0 Å². The van der Waals surface area contributed by atoms with Gasteiger partial charge in [-0.25, -0.2) is 0 Å². The van der Waals surface area contributed by atoms with Gasteiger partial charge < -0.3 is 5.32 Å². The Balaban J connectivity index is 3.40. The quantitative estimate of drug-likeness (QED) is 0.689. The van der Waals surface area contributed by atoms with E-state index in [2.05, 4.69) is 39.3 Å². The van der Waals surface area contributed by atoms with E-state index in [0.29, 0.717) is 6.04 Å². The van der Waals surface area contributed by atoms with Gasteiger partial charge in [0.2, 0.25) is 0 Å². The summed E-state index contributed by atoms with van der Waals surface area (Å²) in [6, 6.07) is 0.648. The van der Waals surface area contributed by atoms with Crippen LogP contribution in [0.15, 0.2) is 0 Å². The Bertz CT molecular complexity index is 104. The Labute approximate surface area is 81.7 Å². The van der Waals surface area contributed by atoms with Crippen molar-refractivity contribution in [1.82, 2.24) is 5.32 Å². The minimum atomic E-state index is 0.648. The number of rotatable bonds is 6. The number of nitrogens with one attached hydrogen (secondary N) is 1. The van der Waals surface area contributed by atoms with Crippen LogP contribution in [0.1, 0.15) is 27.7 Å². The van der Waals surface area contributed by atoms with Crippen molar-refractivity contribution >= 4 is 11.8 Å². The molecule has 0 saturated carbocycles. The molecule has 2 heteroatoms. The van der Waals surface area contributed by atoms with E-state index in [4.69, 9.17) is 0 Å². The Morgan fingerprint density at radius 1 is 1.17 bits per heavy atom. The molecular formula is C10H23NS. The molecule has 2 unspecified atom stereocenters. The number of hydrogen-bond acceptors (Lipinski definition) is 2. The zero-order valence-corrected chi connectivity index (χ0v) is 9.87. The van der Waals surface area contributed by atoms with Gasteiger partial charge in [-0.2, -0.15) is 11.8 Å². The fourth-order valence-electron chi connectivity index (χ4n) is 0.966. The second-order valence-electron chi connectivity index (χ2n) is 4.00. The standard InChI is InChI=1S/C10H23NS/c1-8(2)10(4)11-6-9(3)7-12-5/h8-11H,6-7H2,1-5H3. The highest BCUT2D eigenvalue weighted by Gasteiger charge is 2.07. The lowest BCUT2D eigenvalue weighted by atomic mass is 10.1. The zero-order valence-electron chi connectivity index (χ0n) is 9.05. The third-order valence-corrected chi connectivity index (χ3v) is 3.14. The molecule has 0 aromatic heterocycles. The molecule has 0 radical (unpaired) electrons. The molecule has 0 aromatic carbocycles. The van der Waals surface area contributed by atoms with Gasteiger partial charge in [-0.1, -0.05) is 20.8 Å². The summed E-state index contributed by atoms with van der Waals surface area (Å²) in [5, 5.41) is 3.55. The summed E-state index contributed by atoms with van der Waals surface area (Å²) in [5.41, 5.74) is 0. The van der Waals surface area contributed by atoms with E-state index in [0.717, 1.165) is 18.4 Å². The summed E-state index contributed by atoms with van der Waals surface area (Å²) in [7, 11) is 0. The van der Waals surface area contributed by atoms with E-state index in [1.54, 1.807) is 0 Å². The van der Waals surface area contributed by atoms with E-state index >= 15 is 0 Å². The maximum Gasteiger partial charge on any atom is 0.00618 e. The summed E-state index contributed by atoms with van der Waals surface area (Å²) < 4.78 is 0. The Hall–Kier alpha value is 0.310. The smallest absolute Gasteiger partial charge is 0.00618 e. The maximum absolute atomic E-state index is 3.55. The Morgan fingerprint density at radius 3 is 2.17 bits per heavy atom. The van der Waals surface area contributed by atoms with Gasteiger partial charge >= 0.3 is 0 Å². The summed E-state index contributed by atoms with van der Waals surface area (Å²) in [6.07, 6.45) is 2.17. The minimum absolute atomic E-state index is 0.648. The third-order valence-electron chi connectivity index (χ3n) is 2.24. The molecule has 1 nitrogen and oxygen atoms in total. The van der Waals surface area contributed by atoms with Crippen LogP contribution in [-0.4, -0.2) is 24.6 Å². The van der Waals surface area contributed by atoms with Gasteiger partial charge in [0.15, 0.2) is 0 Å². The van der Waals surface area contributed by atoms with Gasteiger partial charge in [0.05, 0.1) is 0 Å². The topological polar surface area (TPSA) is 12.0 Å². The predicted molar refractivity (Wildman–Crippen MR) is 59.8 cm³/mol. The van der Waals surface area contributed by atoms with Crippen LogP contribution in [0.3, 0.4) is 0 Å². The molecule has 0 rings (SSSR count). The molecule has 0 aromatic rings. The summed E-state index contributed by atoms with van der Waals surface area (Å²) >= 11 is 1.93. The van der Waals surface area contributed by atoms with Crippen LogP contribution in [0.2, 0.25) is 0 Å². The molecule has 0 bridgehead atoms. The highest BCUT2D eigenvalue weighted by Crippen LogP contribution is 2.05. The zero-order chi connectivity index (χ0) is 9.56. The second kappa shape index (κ2) is 6.79. The fraction of sp³-hybridized carbons (Fsp3) is 1.00. The van der Waals surface area contributed by atoms with Crippen LogP contribution >= 0.6 is 11.8 Å². The molecule has 2 atom stereocenters. The first kappa shape index (κ1) is 12.3. The molecular weight excluding hydrogens is 166 g/mol. The van der Waals surface area contributed by atoms with Gasteiger partial charge in [-0.05, 0) is 37.3 Å². The second-order valence-corrected chi connectivity index (χ2v) is 4.91. The van der Waals surface area contributed by atoms with E-state index in [-0.39, 0.29) is 0 Å². The first-order valence-electron chi connectivity index (χ1n) is 4.80. The largest absolute Gasteiger partial charge is 0.314 e. The summed E-state index contributed by atoms with van der Waals surface area (Å²) in [5.74, 6) is 2.80. The highest BCUT2D eigenvalue weighted by atomic mass is 32.2. The summed E-state index contributed by atoms with van der Waals surface area (Å²) in [4.78, 5) is 0. The van der Waals surface area contributed by atoms with Crippen molar-refractivity contribution < 1.29 is 0 Å². The Kier molecular flexibility index (Phi) is 6.96. The SMILES string of the molecule is CSCC(C)CNC(C)C(C)C. The monoisotopic (exact) mass is 189 g/mol. The van der Waals surface area contributed by atoms with Gasteiger partial charge in [0, 0.05) is 6.04 Å². The molecule has 0 fully saturated rings. The number of thioether (sulfide) groups is 1. The van der Waals surface area contributed by atoms with Crippen molar-refractivity contribution in [2.75, 3.05) is 18.6 Å². The average molecular weight is 189 g/mol. The van der Waals surface area contributed by atoms with Gasteiger partial charge in [-0.3, -0.25) is 0 Å². The van der Waals surface area contributed by atoms with Crippen LogP contribution in [-0.2, 0) is 0 Å². The molecule has 0 saturated heterocycles. The van der Waals surface area contributed by atoms with Gasteiger partial charge in [0.1, 0.15) is 0 Å². The van der Waals surface area contributed by atoms with E-state index in [1.807, 2.05) is 11.8 Å². The summed E-state index contributed by atoms with van der Waals surface area (Å²) in [6.45, 7) is 10.2. The molecule has 74 valence electrons. The van der Waals surface area contributed by atoms with Crippen LogP contribution in [0.5, 0.6) is 0 Å². The molecule has 0 spiro atoms. The van der Waals surface area contributed by atoms with Crippen LogP contribution in [0, 0.1) is 11.8 Å². The Morgan fingerprint density at radius 2 is 1.75 bits per heavy atom. The molecule has 0 aliphatic carbocycles. The van der Waals surface area contributed by atoms with Crippen LogP contribution in [0.4, 0.5) is 0 Å². The van der Waals surface area contributed by atoms with Crippen molar-refractivity contribution in [1.29, 1.82) is 0 Å². The highest BCUT2D eigenvalue weighted by molar-refractivity contribution is 7.98. The fourth-order valence-corrected chi connectivity index (χ4v) is 1.65. The maximum atomic E-state index is 3.55. The van der Waals surface area contributed by atoms with E-state index < -0.39 is 0 Å². The van der Waals surface area contributed by atoms with Crippen molar-refractivity contribution in [3.63, 3.8) is 0 Å². The molecule has 0 amide bonds. The first-order chi connectivity index (χ1) is 5.57. The van der Waals surface area contributed by atoms with Crippen LogP contribution in [0.25, 0.3) is 0 Å². The minimum Gasteiger partial charge on any atom is -0.314 e. The number of hydrogen-bond donors (Lipinski definition) is 1.